The number of rotatable bonds is 1. The van der Waals surface area contributed by atoms with E-state index in [0.717, 1.165) is 41.9 Å². The molecule has 2 rings (SSSR count). The predicted molar refractivity (Wildman–Crippen MR) is 67.1 cm³/mol. The molecule has 1 saturated heterocycles. The van der Waals surface area contributed by atoms with E-state index in [1.54, 1.807) is 0 Å². The SMILES string of the molecule is Cc1c(Cl)nnc(N2CC(C)C(C)C2)c1C. The first kappa shape index (κ1) is 11.6. The first-order valence-electron chi connectivity index (χ1n) is 5.75. The van der Waals surface area contributed by atoms with E-state index in [0.29, 0.717) is 5.15 Å². The van der Waals surface area contributed by atoms with Gasteiger partial charge >= 0.3 is 0 Å². The third-order valence-corrected chi connectivity index (χ3v) is 4.09. The maximum absolute atomic E-state index is 5.96. The molecule has 1 aromatic heterocycles. The van der Waals surface area contributed by atoms with Crippen molar-refractivity contribution in [2.24, 2.45) is 11.8 Å². The van der Waals surface area contributed by atoms with Crippen LogP contribution in [-0.2, 0) is 0 Å². The number of halogens is 1. The van der Waals surface area contributed by atoms with E-state index in [-0.39, 0.29) is 0 Å². The first-order chi connectivity index (χ1) is 7.50. The van der Waals surface area contributed by atoms with Crippen LogP contribution in [0.3, 0.4) is 0 Å². The smallest absolute Gasteiger partial charge is 0.155 e. The van der Waals surface area contributed by atoms with Gasteiger partial charge in [-0.25, -0.2) is 0 Å². The molecule has 0 spiro atoms. The summed E-state index contributed by atoms with van der Waals surface area (Å²) in [5.41, 5.74) is 2.19. The van der Waals surface area contributed by atoms with Gasteiger partial charge in [-0.05, 0) is 36.8 Å². The van der Waals surface area contributed by atoms with Crippen molar-refractivity contribution in [2.75, 3.05) is 18.0 Å². The van der Waals surface area contributed by atoms with Gasteiger partial charge in [0.2, 0.25) is 0 Å². The summed E-state index contributed by atoms with van der Waals surface area (Å²) in [5.74, 6) is 2.44. The Morgan fingerprint density at radius 2 is 1.62 bits per heavy atom. The molecule has 1 aliphatic rings. The summed E-state index contributed by atoms with van der Waals surface area (Å²) in [7, 11) is 0. The van der Waals surface area contributed by atoms with Crippen LogP contribution in [-0.4, -0.2) is 23.3 Å². The molecule has 0 amide bonds. The van der Waals surface area contributed by atoms with Crippen molar-refractivity contribution in [1.82, 2.24) is 10.2 Å². The summed E-state index contributed by atoms with van der Waals surface area (Å²) < 4.78 is 0. The molecule has 0 aromatic carbocycles. The van der Waals surface area contributed by atoms with E-state index in [2.05, 4.69) is 35.9 Å². The van der Waals surface area contributed by atoms with E-state index >= 15 is 0 Å². The third kappa shape index (κ3) is 1.88. The van der Waals surface area contributed by atoms with Gasteiger partial charge in [-0.3, -0.25) is 0 Å². The predicted octanol–water partition coefficient (Wildman–Crippen LogP) is 2.84. The maximum Gasteiger partial charge on any atom is 0.155 e. The minimum atomic E-state index is 0.515. The zero-order valence-corrected chi connectivity index (χ0v) is 11.0. The monoisotopic (exact) mass is 239 g/mol. The van der Waals surface area contributed by atoms with Crippen LogP contribution < -0.4 is 4.90 Å². The molecule has 1 aliphatic heterocycles. The molecule has 2 unspecified atom stereocenters. The molecule has 1 aromatic rings. The summed E-state index contributed by atoms with van der Waals surface area (Å²) in [5, 5.41) is 8.76. The topological polar surface area (TPSA) is 29.0 Å². The highest BCUT2D eigenvalue weighted by atomic mass is 35.5. The lowest BCUT2D eigenvalue weighted by molar-refractivity contribution is 0.494. The van der Waals surface area contributed by atoms with Crippen LogP contribution >= 0.6 is 11.6 Å². The first-order valence-corrected chi connectivity index (χ1v) is 6.12. The van der Waals surface area contributed by atoms with Crippen molar-refractivity contribution in [2.45, 2.75) is 27.7 Å². The van der Waals surface area contributed by atoms with E-state index in [9.17, 15) is 0 Å². The Morgan fingerprint density at radius 1 is 1.06 bits per heavy atom. The van der Waals surface area contributed by atoms with Crippen molar-refractivity contribution in [1.29, 1.82) is 0 Å². The second-order valence-corrected chi connectivity index (χ2v) is 5.28. The fourth-order valence-corrected chi connectivity index (χ4v) is 2.35. The summed E-state index contributed by atoms with van der Waals surface area (Å²) in [6, 6.07) is 0. The van der Waals surface area contributed by atoms with Crippen molar-refractivity contribution in [3.05, 3.63) is 16.3 Å². The molecule has 0 aliphatic carbocycles. The molecule has 0 bridgehead atoms. The van der Waals surface area contributed by atoms with Crippen LogP contribution in [0.15, 0.2) is 0 Å². The molecule has 0 saturated carbocycles. The normalized spacial score (nSPS) is 25.2. The van der Waals surface area contributed by atoms with E-state index < -0.39 is 0 Å². The highest BCUT2D eigenvalue weighted by Crippen LogP contribution is 2.30. The van der Waals surface area contributed by atoms with Gasteiger partial charge in [-0.15, -0.1) is 10.2 Å². The van der Waals surface area contributed by atoms with Crippen LogP contribution in [0.2, 0.25) is 5.15 Å². The van der Waals surface area contributed by atoms with Gasteiger partial charge < -0.3 is 4.90 Å². The number of anilines is 1. The number of hydrogen-bond donors (Lipinski definition) is 0. The van der Waals surface area contributed by atoms with Gasteiger partial charge in [0.1, 0.15) is 0 Å². The van der Waals surface area contributed by atoms with Crippen LogP contribution in [0.1, 0.15) is 25.0 Å². The highest BCUT2D eigenvalue weighted by molar-refractivity contribution is 6.30. The quantitative estimate of drug-likeness (QED) is 0.755. The Bertz CT molecular complexity index is 395. The minimum absolute atomic E-state index is 0.515. The van der Waals surface area contributed by atoms with Crippen LogP contribution in [0, 0.1) is 25.7 Å². The average molecular weight is 240 g/mol. The Hall–Kier alpha value is -0.830. The van der Waals surface area contributed by atoms with Gasteiger partial charge in [0, 0.05) is 13.1 Å². The lowest BCUT2D eigenvalue weighted by Gasteiger charge is -2.19. The van der Waals surface area contributed by atoms with Crippen LogP contribution in [0.4, 0.5) is 5.82 Å². The molecule has 0 radical (unpaired) electrons. The number of aromatic nitrogens is 2. The molecule has 88 valence electrons. The van der Waals surface area contributed by atoms with Crippen molar-refractivity contribution < 1.29 is 0 Å². The Labute approximate surface area is 102 Å². The molecule has 16 heavy (non-hydrogen) atoms. The summed E-state index contributed by atoms with van der Waals surface area (Å²) in [4.78, 5) is 2.32. The van der Waals surface area contributed by atoms with Gasteiger partial charge in [-0.2, -0.15) is 0 Å². The molecule has 2 heterocycles. The third-order valence-electron chi connectivity index (χ3n) is 3.73. The lowest BCUT2D eigenvalue weighted by Crippen LogP contribution is -2.22. The molecule has 1 fully saturated rings. The van der Waals surface area contributed by atoms with Crippen molar-refractivity contribution in [3.8, 4) is 0 Å². The van der Waals surface area contributed by atoms with Gasteiger partial charge in [0.25, 0.3) is 0 Å². The van der Waals surface area contributed by atoms with E-state index in [1.165, 1.54) is 0 Å². The summed E-state index contributed by atoms with van der Waals surface area (Å²) >= 11 is 5.96. The minimum Gasteiger partial charge on any atom is -0.354 e. The second-order valence-electron chi connectivity index (χ2n) is 4.92. The molecule has 3 nitrogen and oxygen atoms in total. The summed E-state index contributed by atoms with van der Waals surface area (Å²) in [6.07, 6.45) is 0. The molecular weight excluding hydrogens is 222 g/mol. The number of nitrogens with zero attached hydrogens (tertiary/aromatic N) is 3. The maximum atomic E-state index is 5.96. The Kier molecular flexibility index (Phi) is 3.06. The second kappa shape index (κ2) is 4.21. The fraction of sp³-hybridized carbons (Fsp3) is 0.667. The van der Waals surface area contributed by atoms with Gasteiger partial charge in [0.15, 0.2) is 11.0 Å². The zero-order chi connectivity index (χ0) is 11.9. The van der Waals surface area contributed by atoms with Crippen molar-refractivity contribution >= 4 is 17.4 Å². The standard InChI is InChI=1S/C12H18ClN3/c1-7-5-16(6-8(7)2)12-10(4)9(3)11(13)14-15-12/h7-8H,5-6H2,1-4H3. The molecule has 2 atom stereocenters. The van der Waals surface area contributed by atoms with Crippen LogP contribution in [0.25, 0.3) is 0 Å². The average Bonchev–Trinajstić information content (AvgIpc) is 2.56. The van der Waals surface area contributed by atoms with Gasteiger partial charge in [-0.1, -0.05) is 25.4 Å². The Balaban J connectivity index is 2.32. The number of hydrogen-bond acceptors (Lipinski definition) is 3. The molecule has 4 heteroatoms. The van der Waals surface area contributed by atoms with Crippen LogP contribution in [0.5, 0.6) is 0 Å². The van der Waals surface area contributed by atoms with Crippen molar-refractivity contribution in [3.63, 3.8) is 0 Å². The fourth-order valence-electron chi connectivity index (χ4n) is 2.17. The van der Waals surface area contributed by atoms with Gasteiger partial charge in [0.05, 0.1) is 0 Å². The zero-order valence-electron chi connectivity index (χ0n) is 10.3. The highest BCUT2D eigenvalue weighted by Gasteiger charge is 2.28. The molecular formula is C12H18ClN3. The summed E-state index contributed by atoms with van der Waals surface area (Å²) in [6.45, 7) is 10.8. The largest absolute Gasteiger partial charge is 0.354 e. The lowest BCUT2D eigenvalue weighted by atomic mass is 10.0. The Morgan fingerprint density at radius 3 is 2.19 bits per heavy atom. The molecule has 0 N–H and O–H groups in total. The van der Waals surface area contributed by atoms with E-state index in [1.807, 2.05) is 6.92 Å². The van der Waals surface area contributed by atoms with E-state index in [4.69, 9.17) is 11.6 Å².